The molecule has 1 aromatic carbocycles. The Bertz CT molecular complexity index is 708. The van der Waals surface area contributed by atoms with Gasteiger partial charge in [0, 0.05) is 19.3 Å². The van der Waals surface area contributed by atoms with E-state index >= 15 is 0 Å². The van der Waals surface area contributed by atoms with Gasteiger partial charge in [0.05, 0.1) is 17.2 Å². The largest absolute Gasteiger partial charge is 0.369 e. The second-order valence-electron chi connectivity index (χ2n) is 6.66. The monoisotopic (exact) mass is 313 g/mol. The number of nitrogens with zero attached hydrogens (tertiary/aromatic N) is 3. The zero-order valence-corrected chi connectivity index (χ0v) is 13.8. The zero-order valence-electron chi connectivity index (χ0n) is 13.8. The van der Waals surface area contributed by atoms with Crippen LogP contribution in [0.4, 0.5) is 0 Å². The van der Waals surface area contributed by atoms with Crippen LogP contribution in [0.5, 0.6) is 0 Å². The van der Waals surface area contributed by atoms with Crippen molar-refractivity contribution in [3.05, 3.63) is 47.3 Å². The average molecular weight is 313 g/mol. The first-order valence-corrected chi connectivity index (χ1v) is 7.90. The molecule has 122 valence electrons. The molecule has 23 heavy (non-hydrogen) atoms. The second kappa shape index (κ2) is 5.77. The van der Waals surface area contributed by atoms with Crippen LogP contribution in [0.3, 0.4) is 0 Å². The number of benzene rings is 1. The van der Waals surface area contributed by atoms with E-state index in [2.05, 4.69) is 22.6 Å². The smallest absolute Gasteiger partial charge is 0.228 e. The lowest BCUT2D eigenvalue weighted by atomic mass is 9.68. The Morgan fingerprint density at radius 2 is 2.04 bits per heavy atom. The van der Waals surface area contributed by atoms with Crippen LogP contribution in [0.25, 0.3) is 0 Å². The molecule has 0 saturated carbocycles. The molecule has 0 radical (unpaired) electrons. The Labute approximate surface area is 136 Å². The molecule has 1 aromatic heterocycles. The predicted octanol–water partition coefficient (Wildman–Crippen LogP) is 1.36. The predicted molar refractivity (Wildman–Crippen MR) is 87.6 cm³/mol. The number of hydrogen-bond donors (Lipinski definition) is 2. The van der Waals surface area contributed by atoms with Crippen molar-refractivity contribution in [2.75, 3.05) is 0 Å². The molecule has 0 aliphatic carbocycles. The van der Waals surface area contributed by atoms with E-state index in [1.54, 1.807) is 4.68 Å². The molecule has 6 heteroatoms. The molecule has 2 heterocycles. The van der Waals surface area contributed by atoms with Crippen LogP contribution in [-0.2, 0) is 17.3 Å². The summed E-state index contributed by atoms with van der Waals surface area (Å²) >= 11 is 0. The fourth-order valence-corrected chi connectivity index (χ4v) is 3.58. The number of nitrogens with two attached hydrogens (primary N) is 1. The van der Waals surface area contributed by atoms with Crippen LogP contribution >= 0.6 is 0 Å². The molecule has 2 aromatic rings. The number of primary amides is 1. The van der Waals surface area contributed by atoms with Crippen LogP contribution in [0.1, 0.15) is 42.6 Å². The van der Waals surface area contributed by atoms with Gasteiger partial charge in [-0.2, -0.15) is 0 Å². The van der Waals surface area contributed by atoms with Crippen molar-refractivity contribution in [2.45, 2.75) is 44.2 Å². The molecule has 1 saturated heterocycles. The van der Waals surface area contributed by atoms with Gasteiger partial charge >= 0.3 is 0 Å². The van der Waals surface area contributed by atoms with Crippen molar-refractivity contribution in [3.63, 3.8) is 0 Å². The number of aromatic nitrogens is 3. The molecule has 3 rings (SSSR count). The molecular formula is C17H23N5O. The normalized spacial score (nSPS) is 27.8. The van der Waals surface area contributed by atoms with Crippen LogP contribution in [0.15, 0.2) is 30.5 Å². The topological polar surface area (TPSA) is 85.8 Å². The van der Waals surface area contributed by atoms with E-state index in [9.17, 15) is 4.79 Å². The van der Waals surface area contributed by atoms with Crippen LogP contribution in [0, 0.1) is 6.92 Å². The van der Waals surface area contributed by atoms with Crippen molar-refractivity contribution in [1.29, 1.82) is 0 Å². The van der Waals surface area contributed by atoms with E-state index in [0.717, 1.165) is 11.3 Å². The van der Waals surface area contributed by atoms with Crippen molar-refractivity contribution >= 4 is 5.91 Å². The van der Waals surface area contributed by atoms with Gasteiger partial charge in [0.15, 0.2) is 0 Å². The first-order chi connectivity index (χ1) is 10.9. The molecule has 1 amide bonds. The van der Waals surface area contributed by atoms with E-state index < -0.39 is 5.41 Å². The van der Waals surface area contributed by atoms with Crippen molar-refractivity contribution in [1.82, 2.24) is 20.3 Å². The van der Waals surface area contributed by atoms with Gasteiger partial charge in [0.2, 0.25) is 5.91 Å². The van der Waals surface area contributed by atoms with Gasteiger partial charge in [0.25, 0.3) is 0 Å². The molecule has 0 spiro atoms. The summed E-state index contributed by atoms with van der Waals surface area (Å²) in [4.78, 5) is 12.4. The summed E-state index contributed by atoms with van der Waals surface area (Å²) in [5.41, 5.74) is 8.19. The maximum absolute atomic E-state index is 12.4. The van der Waals surface area contributed by atoms with Crippen LogP contribution in [0.2, 0.25) is 0 Å². The summed E-state index contributed by atoms with van der Waals surface area (Å²) in [6.45, 7) is 4.11. The highest BCUT2D eigenvalue weighted by atomic mass is 16.1. The van der Waals surface area contributed by atoms with Gasteiger partial charge in [-0.05, 0) is 32.3 Å². The lowest BCUT2D eigenvalue weighted by Crippen LogP contribution is -2.53. The van der Waals surface area contributed by atoms with Gasteiger partial charge < -0.3 is 11.1 Å². The van der Waals surface area contributed by atoms with Crippen molar-refractivity contribution in [2.24, 2.45) is 12.8 Å². The summed E-state index contributed by atoms with van der Waals surface area (Å²) in [6.07, 6.45) is 3.16. The Hall–Kier alpha value is -2.21. The summed E-state index contributed by atoms with van der Waals surface area (Å²) in [6, 6.07) is 8.22. The Morgan fingerprint density at radius 3 is 2.61 bits per heavy atom. The summed E-state index contributed by atoms with van der Waals surface area (Å²) in [7, 11) is 1.84. The Morgan fingerprint density at radius 1 is 1.35 bits per heavy atom. The maximum atomic E-state index is 12.4. The molecule has 1 aliphatic rings. The number of aryl methyl sites for hydroxylation is 2. The number of carbonyl (C=O) groups is 1. The number of rotatable bonds is 3. The molecule has 3 N–H and O–H groups in total. The zero-order chi connectivity index (χ0) is 16.6. The third-order valence-corrected chi connectivity index (χ3v) is 4.75. The quantitative estimate of drug-likeness (QED) is 0.896. The molecule has 3 atom stereocenters. The van der Waals surface area contributed by atoms with E-state index in [1.165, 1.54) is 5.56 Å². The third-order valence-electron chi connectivity index (χ3n) is 4.75. The van der Waals surface area contributed by atoms with E-state index in [4.69, 9.17) is 5.73 Å². The van der Waals surface area contributed by atoms with Crippen molar-refractivity contribution in [3.8, 4) is 0 Å². The molecule has 1 fully saturated rings. The highest BCUT2D eigenvalue weighted by Gasteiger charge is 2.46. The highest BCUT2D eigenvalue weighted by Crippen LogP contribution is 2.41. The second-order valence-corrected chi connectivity index (χ2v) is 6.66. The van der Waals surface area contributed by atoms with Crippen molar-refractivity contribution < 1.29 is 4.79 Å². The average Bonchev–Trinajstić information content (AvgIpc) is 2.93. The van der Waals surface area contributed by atoms with Crippen LogP contribution < -0.4 is 11.1 Å². The van der Waals surface area contributed by atoms with E-state index in [1.807, 2.05) is 44.4 Å². The third kappa shape index (κ3) is 2.86. The lowest BCUT2D eigenvalue weighted by Gasteiger charge is -2.42. The summed E-state index contributed by atoms with van der Waals surface area (Å²) in [5, 5.41) is 11.7. The molecule has 0 unspecified atom stereocenters. The molecule has 0 bridgehead atoms. The number of amides is 1. The SMILES string of the molecule is Cc1ccc([C@@]2(C(N)=O)C[C@@H](c3cn(C)nn3)N[C@@H](C)C2)cc1. The minimum absolute atomic E-state index is 0.0405. The Balaban J connectivity index is 2.01. The van der Waals surface area contributed by atoms with Gasteiger partial charge in [-0.15, -0.1) is 5.10 Å². The van der Waals surface area contributed by atoms with E-state index in [-0.39, 0.29) is 18.0 Å². The van der Waals surface area contributed by atoms with Gasteiger partial charge in [-0.25, -0.2) is 0 Å². The first-order valence-electron chi connectivity index (χ1n) is 7.90. The maximum Gasteiger partial charge on any atom is 0.228 e. The van der Waals surface area contributed by atoms with Gasteiger partial charge in [0.1, 0.15) is 0 Å². The molecule has 6 nitrogen and oxygen atoms in total. The number of piperidine rings is 1. The lowest BCUT2D eigenvalue weighted by molar-refractivity contribution is -0.125. The highest BCUT2D eigenvalue weighted by molar-refractivity contribution is 5.87. The Kier molecular flexibility index (Phi) is 3.93. The van der Waals surface area contributed by atoms with Crippen LogP contribution in [-0.4, -0.2) is 26.9 Å². The first kappa shape index (κ1) is 15.7. The number of nitrogens with one attached hydrogen (secondary N) is 1. The minimum atomic E-state index is -0.680. The van der Waals surface area contributed by atoms with Gasteiger partial charge in [-0.1, -0.05) is 35.0 Å². The fraction of sp³-hybridized carbons (Fsp3) is 0.471. The standard InChI is InChI=1S/C17H23N5O/c1-11-4-6-13(7-5-11)17(16(18)23)8-12(2)19-14(9-17)15-10-22(3)21-20-15/h4-7,10,12,14,19H,8-9H2,1-3H3,(H2,18,23)/t12-,14-,17-/m0/s1. The molecular weight excluding hydrogens is 290 g/mol. The summed E-state index contributed by atoms with van der Waals surface area (Å²) < 4.78 is 1.67. The number of carbonyl (C=O) groups excluding carboxylic acids is 1. The van der Waals surface area contributed by atoms with Gasteiger partial charge in [-0.3, -0.25) is 9.48 Å². The fourth-order valence-electron chi connectivity index (χ4n) is 3.58. The van der Waals surface area contributed by atoms with E-state index in [0.29, 0.717) is 12.8 Å². The minimum Gasteiger partial charge on any atom is -0.369 e. The summed E-state index contributed by atoms with van der Waals surface area (Å²) in [5.74, 6) is -0.274. The number of hydrogen-bond acceptors (Lipinski definition) is 4. The molecule has 1 aliphatic heterocycles.